The largest absolute Gasteiger partial charge is 0.357 e. The van der Waals surface area contributed by atoms with E-state index in [4.69, 9.17) is 4.99 Å². The van der Waals surface area contributed by atoms with Gasteiger partial charge in [-0.3, -0.25) is 4.40 Å². The zero-order valence-corrected chi connectivity index (χ0v) is 17.1. The molecule has 0 spiro atoms. The maximum Gasteiger partial charge on any atom is 0.191 e. The summed E-state index contributed by atoms with van der Waals surface area (Å²) >= 11 is 0. The SMILES string of the molecule is CCNC(=NCc1nnc2ccccn12)NCC(c1ccc(C)cc1)N(C)C. The number of nitrogens with one attached hydrogen (secondary N) is 2. The summed E-state index contributed by atoms with van der Waals surface area (Å²) < 4.78 is 1.96. The molecule has 7 nitrogen and oxygen atoms in total. The molecule has 28 heavy (non-hydrogen) atoms. The number of aliphatic imine (C=N–C) groups is 1. The molecule has 0 saturated carbocycles. The molecule has 1 unspecified atom stereocenters. The minimum atomic E-state index is 0.248. The fourth-order valence-corrected chi connectivity index (χ4v) is 3.07. The van der Waals surface area contributed by atoms with Crippen LogP contribution < -0.4 is 10.6 Å². The Bertz CT molecular complexity index is 912. The number of pyridine rings is 1. The molecule has 1 atom stereocenters. The monoisotopic (exact) mass is 379 g/mol. The standard InChI is InChI=1S/C21H29N7/c1-5-22-21(24-15-20-26-25-19-8-6-7-13-28(19)20)23-14-18(27(3)4)17-11-9-16(2)10-12-17/h6-13,18H,5,14-15H2,1-4H3,(H2,22,23,24). The Morgan fingerprint density at radius 1 is 1.11 bits per heavy atom. The first-order chi connectivity index (χ1) is 13.6. The zero-order chi connectivity index (χ0) is 19.9. The van der Waals surface area contributed by atoms with Crippen molar-refractivity contribution >= 4 is 11.6 Å². The van der Waals surface area contributed by atoms with Crippen LogP contribution >= 0.6 is 0 Å². The van der Waals surface area contributed by atoms with Crippen molar-refractivity contribution < 1.29 is 0 Å². The second-order valence-electron chi connectivity index (χ2n) is 7.01. The minimum absolute atomic E-state index is 0.248. The summed E-state index contributed by atoms with van der Waals surface area (Å²) in [6.45, 7) is 6.17. The number of benzene rings is 1. The second-order valence-corrected chi connectivity index (χ2v) is 7.01. The van der Waals surface area contributed by atoms with Crippen molar-refractivity contribution in [2.24, 2.45) is 4.99 Å². The van der Waals surface area contributed by atoms with Crippen LogP contribution in [0.25, 0.3) is 5.65 Å². The number of hydrogen-bond acceptors (Lipinski definition) is 4. The van der Waals surface area contributed by atoms with Gasteiger partial charge in [-0.2, -0.15) is 0 Å². The van der Waals surface area contributed by atoms with Gasteiger partial charge in [0.15, 0.2) is 17.4 Å². The lowest BCUT2D eigenvalue weighted by Gasteiger charge is -2.26. The highest BCUT2D eigenvalue weighted by Gasteiger charge is 2.14. The van der Waals surface area contributed by atoms with E-state index in [2.05, 4.69) is 77.9 Å². The van der Waals surface area contributed by atoms with Gasteiger partial charge in [-0.1, -0.05) is 35.9 Å². The molecule has 0 amide bonds. The first-order valence-electron chi connectivity index (χ1n) is 9.62. The van der Waals surface area contributed by atoms with Crippen molar-refractivity contribution in [1.82, 2.24) is 30.1 Å². The highest BCUT2D eigenvalue weighted by atomic mass is 15.3. The Morgan fingerprint density at radius 3 is 2.61 bits per heavy atom. The van der Waals surface area contributed by atoms with Gasteiger partial charge in [0.05, 0.1) is 6.04 Å². The molecule has 0 aliphatic carbocycles. The van der Waals surface area contributed by atoms with Gasteiger partial charge in [0.1, 0.15) is 6.54 Å². The van der Waals surface area contributed by atoms with Crippen molar-refractivity contribution in [3.05, 3.63) is 65.6 Å². The fraction of sp³-hybridized carbons (Fsp3) is 0.381. The van der Waals surface area contributed by atoms with Crippen molar-refractivity contribution in [2.45, 2.75) is 26.4 Å². The van der Waals surface area contributed by atoms with Crippen molar-refractivity contribution in [3.63, 3.8) is 0 Å². The lowest BCUT2D eigenvalue weighted by molar-refractivity contribution is 0.298. The molecule has 3 rings (SSSR count). The normalized spacial score (nSPS) is 13.1. The number of aryl methyl sites for hydroxylation is 1. The van der Waals surface area contributed by atoms with Gasteiger partial charge >= 0.3 is 0 Å². The van der Waals surface area contributed by atoms with E-state index in [9.17, 15) is 0 Å². The number of aromatic nitrogens is 3. The highest BCUT2D eigenvalue weighted by Crippen LogP contribution is 2.17. The molecule has 148 valence electrons. The van der Waals surface area contributed by atoms with E-state index in [1.54, 1.807) is 0 Å². The minimum Gasteiger partial charge on any atom is -0.357 e. The van der Waals surface area contributed by atoms with E-state index in [1.807, 2.05) is 28.8 Å². The Labute approximate surface area is 166 Å². The molecule has 3 aromatic rings. The third kappa shape index (κ3) is 4.86. The summed E-state index contributed by atoms with van der Waals surface area (Å²) in [5.74, 6) is 1.59. The van der Waals surface area contributed by atoms with Gasteiger partial charge in [-0.05, 0) is 45.6 Å². The van der Waals surface area contributed by atoms with Crippen LogP contribution in [0.2, 0.25) is 0 Å². The molecule has 2 aromatic heterocycles. The molecule has 1 aromatic carbocycles. The maximum absolute atomic E-state index is 4.70. The number of fused-ring (bicyclic) bond motifs is 1. The highest BCUT2D eigenvalue weighted by molar-refractivity contribution is 5.79. The van der Waals surface area contributed by atoms with E-state index in [1.165, 1.54) is 11.1 Å². The molecule has 0 saturated heterocycles. The Morgan fingerprint density at radius 2 is 1.89 bits per heavy atom. The molecule has 0 aliphatic heterocycles. The van der Waals surface area contributed by atoms with Crippen molar-refractivity contribution in [1.29, 1.82) is 0 Å². The predicted molar refractivity (Wildman–Crippen MR) is 113 cm³/mol. The summed E-state index contributed by atoms with van der Waals surface area (Å²) in [6, 6.07) is 14.8. The first kappa shape index (κ1) is 19.8. The predicted octanol–water partition coefficient (Wildman–Crippen LogP) is 2.40. The lowest BCUT2D eigenvalue weighted by atomic mass is 10.0. The van der Waals surface area contributed by atoms with Crippen LogP contribution in [0.1, 0.15) is 29.9 Å². The smallest absolute Gasteiger partial charge is 0.191 e. The van der Waals surface area contributed by atoms with Crippen LogP contribution in [-0.4, -0.2) is 52.6 Å². The van der Waals surface area contributed by atoms with Gasteiger partial charge in [0, 0.05) is 19.3 Å². The molecule has 2 N–H and O–H groups in total. The maximum atomic E-state index is 4.70. The number of likely N-dealkylation sites (N-methyl/N-ethyl adjacent to an activating group) is 1. The lowest BCUT2D eigenvalue weighted by Crippen LogP contribution is -2.41. The molecular formula is C21H29N7. The van der Waals surface area contributed by atoms with E-state index in [-0.39, 0.29) is 6.04 Å². The fourth-order valence-electron chi connectivity index (χ4n) is 3.07. The molecule has 7 heteroatoms. The van der Waals surface area contributed by atoms with Gasteiger partial charge in [-0.15, -0.1) is 10.2 Å². The van der Waals surface area contributed by atoms with Gasteiger partial charge in [-0.25, -0.2) is 4.99 Å². The zero-order valence-electron chi connectivity index (χ0n) is 17.1. The Hall–Kier alpha value is -2.93. The molecule has 0 bridgehead atoms. The molecular weight excluding hydrogens is 350 g/mol. The molecule has 0 aliphatic rings. The Balaban J connectivity index is 1.70. The van der Waals surface area contributed by atoms with Crippen molar-refractivity contribution in [2.75, 3.05) is 27.2 Å². The topological polar surface area (TPSA) is 69.8 Å². The van der Waals surface area contributed by atoms with Crippen LogP contribution in [0, 0.1) is 6.92 Å². The van der Waals surface area contributed by atoms with Crippen LogP contribution in [0.3, 0.4) is 0 Å². The summed E-state index contributed by atoms with van der Waals surface area (Å²) in [6.07, 6.45) is 1.96. The third-order valence-electron chi connectivity index (χ3n) is 4.66. The summed E-state index contributed by atoms with van der Waals surface area (Å²) in [5.41, 5.74) is 3.38. The van der Waals surface area contributed by atoms with Gasteiger partial charge in [0.2, 0.25) is 0 Å². The Kier molecular flexibility index (Phi) is 6.60. The van der Waals surface area contributed by atoms with E-state index >= 15 is 0 Å². The summed E-state index contributed by atoms with van der Waals surface area (Å²) in [7, 11) is 4.19. The summed E-state index contributed by atoms with van der Waals surface area (Å²) in [4.78, 5) is 6.91. The number of hydrogen-bond donors (Lipinski definition) is 2. The van der Waals surface area contributed by atoms with Crippen LogP contribution in [0.15, 0.2) is 53.7 Å². The number of nitrogens with zero attached hydrogens (tertiary/aromatic N) is 5. The van der Waals surface area contributed by atoms with E-state index in [0.717, 1.165) is 30.5 Å². The molecule has 2 heterocycles. The third-order valence-corrected chi connectivity index (χ3v) is 4.66. The van der Waals surface area contributed by atoms with Crippen LogP contribution in [0.5, 0.6) is 0 Å². The van der Waals surface area contributed by atoms with Gasteiger partial charge in [0.25, 0.3) is 0 Å². The number of rotatable bonds is 7. The quantitative estimate of drug-likeness (QED) is 0.487. The van der Waals surface area contributed by atoms with E-state index in [0.29, 0.717) is 6.54 Å². The van der Waals surface area contributed by atoms with Crippen molar-refractivity contribution in [3.8, 4) is 0 Å². The van der Waals surface area contributed by atoms with E-state index < -0.39 is 0 Å². The molecule has 0 fully saturated rings. The average molecular weight is 380 g/mol. The van der Waals surface area contributed by atoms with Crippen LogP contribution in [0.4, 0.5) is 0 Å². The summed E-state index contributed by atoms with van der Waals surface area (Å²) in [5, 5.41) is 15.2. The first-order valence-corrected chi connectivity index (χ1v) is 9.62. The van der Waals surface area contributed by atoms with Crippen LogP contribution in [-0.2, 0) is 6.54 Å². The average Bonchev–Trinajstić information content (AvgIpc) is 3.10. The second kappa shape index (κ2) is 9.32. The van der Waals surface area contributed by atoms with Gasteiger partial charge < -0.3 is 15.5 Å². The number of guanidine groups is 1. The molecule has 0 radical (unpaired) electrons.